The van der Waals surface area contributed by atoms with E-state index in [-0.39, 0.29) is 30.1 Å². The lowest BCUT2D eigenvalue weighted by molar-refractivity contribution is 0.0646. The lowest BCUT2D eigenvalue weighted by Crippen LogP contribution is -2.37. The minimum atomic E-state index is 0. The molecule has 0 radical (unpaired) electrons. The first kappa shape index (κ1) is 25.1. The second kappa shape index (κ2) is 13.3. The number of nitrogens with zero attached hydrogens (tertiary/aromatic N) is 3. The summed E-state index contributed by atoms with van der Waals surface area (Å²) in [5.41, 5.74) is 2.03. The Morgan fingerprint density at radius 3 is 2.58 bits per heavy atom. The molecule has 0 aliphatic carbocycles. The predicted octanol–water partition coefficient (Wildman–Crippen LogP) is 4.84. The third kappa shape index (κ3) is 8.12. The number of hydrogen-bond donors (Lipinski definition) is 2. The van der Waals surface area contributed by atoms with Crippen molar-refractivity contribution in [2.45, 2.75) is 26.0 Å². The summed E-state index contributed by atoms with van der Waals surface area (Å²) in [5.74, 6) is 1.66. The zero-order valence-electron chi connectivity index (χ0n) is 17.5. The lowest BCUT2D eigenvalue weighted by Gasteiger charge is -2.14. The molecule has 0 aliphatic heterocycles. The number of guanidine groups is 1. The molecule has 9 heteroatoms. The number of aliphatic imine (C=N–C) groups is 1. The first-order chi connectivity index (χ1) is 14.7. The summed E-state index contributed by atoms with van der Waals surface area (Å²) in [6, 6.07) is 17.5. The molecule has 1 atom stereocenters. The van der Waals surface area contributed by atoms with Crippen molar-refractivity contribution < 1.29 is 9.26 Å². The monoisotopic (exact) mass is 555 g/mol. The number of halogens is 2. The third-order valence-electron chi connectivity index (χ3n) is 4.45. The van der Waals surface area contributed by atoms with E-state index in [9.17, 15) is 0 Å². The summed E-state index contributed by atoms with van der Waals surface area (Å²) < 4.78 is 11.2. The number of hydrogen-bond acceptors (Lipinski definition) is 5. The second-order valence-electron chi connectivity index (χ2n) is 6.65. The van der Waals surface area contributed by atoms with E-state index in [4.69, 9.17) is 20.9 Å². The quantitative estimate of drug-likeness (QED) is 0.170. The molecule has 0 bridgehead atoms. The molecule has 7 nitrogen and oxygen atoms in total. The molecule has 2 N–H and O–H groups in total. The lowest BCUT2D eigenvalue weighted by atomic mass is 10.1. The number of aromatic nitrogens is 2. The highest BCUT2D eigenvalue weighted by molar-refractivity contribution is 14.0. The molecule has 0 aliphatic rings. The Morgan fingerprint density at radius 1 is 1.13 bits per heavy atom. The first-order valence-corrected chi connectivity index (χ1v) is 10.2. The summed E-state index contributed by atoms with van der Waals surface area (Å²) in [6.45, 7) is 3.84. The van der Waals surface area contributed by atoms with E-state index in [0.29, 0.717) is 35.8 Å². The third-order valence-corrected chi connectivity index (χ3v) is 4.70. The SMILES string of the molecule is CN=C(NCCCOC(C)c1ccccc1)NCc1nc(-c2ccc(Cl)cc2)no1.I. The fourth-order valence-electron chi connectivity index (χ4n) is 2.78. The van der Waals surface area contributed by atoms with Gasteiger partial charge in [-0.1, -0.05) is 47.1 Å². The predicted molar refractivity (Wildman–Crippen MR) is 134 cm³/mol. The standard InChI is InChI=1S/C22H26ClN5O2.HI/c1-16(17-7-4-3-5-8-17)29-14-6-13-25-22(24-2)26-15-20-27-21(28-30-20)18-9-11-19(23)12-10-18;/h3-5,7-12,16H,6,13-15H2,1-2H3,(H2,24,25,26);1H. The normalized spacial score (nSPS) is 12.2. The highest BCUT2D eigenvalue weighted by Gasteiger charge is 2.09. The van der Waals surface area contributed by atoms with Crippen LogP contribution in [0.15, 0.2) is 64.1 Å². The van der Waals surface area contributed by atoms with Crippen molar-refractivity contribution in [1.82, 2.24) is 20.8 Å². The average molecular weight is 556 g/mol. The van der Waals surface area contributed by atoms with Gasteiger partial charge in [0.2, 0.25) is 11.7 Å². The molecular formula is C22H27ClIN5O2. The molecule has 0 spiro atoms. The van der Waals surface area contributed by atoms with Crippen LogP contribution in [-0.2, 0) is 11.3 Å². The molecule has 0 fully saturated rings. The Labute approximate surface area is 204 Å². The van der Waals surface area contributed by atoms with Crippen LogP contribution in [0.3, 0.4) is 0 Å². The van der Waals surface area contributed by atoms with Gasteiger partial charge in [-0.15, -0.1) is 24.0 Å². The van der Waals surface area contributed by atoms with Crippen LogP contribution in [0, 0.1) is 0 Å². The number of nitrogens with one attached hydrogen (secondary N) is 2. The maximum Gasteiger partial charge on any atom is 0.246 e. The largest absolute Gasteiger partial charge is 0.374 e. The molecule has 1 unspecified atom stereocenters. The zero-order valence-corrected chi connectivity index (χ0v) is 20.6. The summed E-state index contributed by atoms with van der Waals surface area (Å²) in [5, 5.41) is 11.1. The van der Waals surface area contributed by atoms with Crippen LogP contribution in [0.25, 0.3) is 11.4 Å². The molecule has 1 aromatic heterocycles. The molecule has 3 aromatic rings. The van der Waals surface area contributed by atoms with Gasteiger partial charge in [0.05, 0.1) is 12.6 Å². The van der Waals surface area contributed by atoms with Crippen molar-refractivity contribution >= 4 is 41.5 Å². The van der Waals surface area contributed by atoms with Crippen LogP contribution in [-0.4, -0.2) is 36.3 Å². The minimum absolute atomic E-state index is 0. The van der Waals surface area contributed by atoms with E-state index in [1.165, 1.54) is 5.56 Å². The molecule has 0 saturated carbocycles. The highest BCUT2D eigenvalue weighted by Crippen LogP contribution is 2.18. The summed E-state index contributed by atoms with van der Waals surface area (Å²) in [4.78, 5) is 8.60. The Balaban J connectivity index is 0.00000341. The van der Waals surface area contributed by atoms with E-state index >= 15 is 0 Å². The maximum absolute atomic E-state index is 5.91. The maximum atomic E-state index is 5.91. The van der Waals surface area contributed by atoms with Gasteiger partial charge in [0.1, 0.15) is 0 Å². The Bertz CT molecular complexity index is 935. The molecule has 3 rings (SSSR count). The zero-order chi connectivity index (χ0) is 21.2. The first-order valence-electron chi connectivity index (χ1n) is 9.85. The minimum Gasteiger partial charge on any atom is -0.374 e. The van der Waals surface area contributed by atoms with E-state index in [0.717, 1.165) is 18.5 Å². The highest BCUT2D eigenvalue weighted by atomic mass is 127. The van der Waals surface area contributed by atoms with Crippen molar-refractivity contribution in [3.8, 4) is 11.4 Å². The average Bonchev–Trinajstić information content (AvgIpc) is 3.25. The summed E-state index contributed by atoms with van der Waals surface area (Å²) >= 11 is 5.91. The number of ether oxygens (including phenoxy) is 1. The molecule has 0 amide bonds. The van der Waals surface area contributed by atoms with Crippen molar-refractivity contribution in [2.75, 3.05) is 20.2 Å². The smallest absolute Gasteiger partial charge is 0.246 e. The second-order valence-corrected chi connectivity index (χ2v) is 7.08. The van der Waals surface area contributed by atoms with E-state index < -0.39 is 0 Å². The number of rotatable bonds is 9. The Kier molecular flexibility index (Phi) is 10.8. The molecule has 0 saturated heterocycles. The van der Waals surface area contributed by atoms with Gasteiger partial charge < -0.3 is 19.9 Å². The van der Waals surface area contributed by atoms with Crippen molar-refractivity contribution in [3.63, 3.8) is 0 Å². The van der Waals surface area contributed by atoms with Gasteiger partial charge in [0.15, 0.2) is 5.96 Å². The van der Waals surface area contributed by atoms with Crippen LogP contribution in [0.1, 0.15) is 30.9 Å². The van der Waals surface area contributed by atoms with Gasteiger partial charge in [0.25, 0.3) is 0 Å². The number of benzene rings is 2. The van der Waals surface area contributed by atoms with Crippen LogP contribution in [0.5, 0.6) is 0 Å². The van der Waals surface area contributed by atoms with Crippen LogP contribution in [0.4, 0.5) is 0 Å². The van der Waals surface area contributed by atoms with Crippen molar-refractivity contribution in [1.29, 1.82) is 0 Å². The molecule has 166 valence electrons. The Morgan fingerprint density at radius 2 is 1.87 bits per heavy atom. The fourth-order valence-corrected chi connectivity index (χ4v) is 2.91. The molecular weight excluding hydrogens is 529 g/mol. The van der Waals surface area contributed by atoms with Crippen molar-refractivity contribution in [3.05, 3.63) is 71.1 Å². The van der Waals surface area contributed by atoms with Gasteiger partial charge in [-0.25, -0.2) is 0 Å². The van der Waals surface area contributed by atoms with Gasteiger partial charge in [0, 0.05) is 30.8 Å². The van der Waals surface area contributed by atoms with E-state index in [2.05, 4.69) is 44.8 Å². The van der Waals surface area contributed by atoms with Crippen LogP contribution < -0.4 is 10.6 Å². The van der Waals surface area contributed by atoms with Gasteiger partial charge >= 0.3 is 0 Å². The van der Waals surface area contributed by atoms with Gasteiger partial charge in [-0.05, 0) is 43.2 Å². The van der Waals surface area contributed by atoms with E-state index in [1.54, 1.807) is 19.2 Å². The molecule has 2 aromatic carbocycles. The van der Waals surface area contributed by atoms with Crippen LogP contribution in [0.2, 0.25) is 5.02 Å². The van der Waals surface area contributed by atoms with E-state index in [1.807, 2.05) is 30.3 Å². The van der Waals surface area contributed by atoms with Crippen molar-refractivity contribution in [2.24, 2.45) is 4.99 Å². The molecule has 1 heterocycles. The summed E-state index contributed by atoms with van der Waals surface area (Å²) in [7, 11) is 1.72. The Hall–Kier alpha value is -2.17. The topological polar surface area (TPSA) is 84.6 Å². The fraction of sp³-hybridized carbons (Fsp3) is 0.318. The van der Waals surface area contributed by atoms with Crippen LogP contribution >= 0.6 is 35.6 Å². The van der Waals surface area contributed by atoms with Gasteiger partial charge in [-0.3, -0.25) is 4.99 Å². The molecule has 31 heavy (non-hydrogen) atoms. The van der Waals surface area contributed by atoms with Gasteiger partial charge in [-0.2, -0.15) is 4.98 Å². The summed E-state index contributed by atoms with van der Waals surface area (Å²) in [6.07, 6.45) is 0.940.